The zero-order valence-electron chi connectivity index (χ0n) is 13.4. The van der Waals surface area contributed by atoms with Crippen LogP contribution in [0.25, 0.3) is 0 Å². The summed E-state index contributed by atoms with van der Waals surface area (Å²) >= 11 is 0. The highest BCUT2D eigenvalue weighted by Gasteiger charge is 2.24. The maximum atomic E-state index is 9.67. The van der Waals surface area contributed by atoms with E-state index in [9.17, 15) is 5.11 Å². The van der Waals surface area contributed by atoms with Crippen LogP contribution in [-0.2, 0) is 0 Å². The molecule has 21 heavy (non-hydrogen) atoms. The van der Waals surface area contributed by atoms with Gasteiger partial charge in [0.2, 0.25) is 0 Å². The molecule has 0 bridgehead atoms. The van der Waals surface area contributed by atoms with Gasteiger partial charge >= 0.3 is 0 Å². The molecule has 2 aliphatic rings. The molecule has 0 spiro atoms. The van der Waals surface area contributed by atoms with E-state index in [4.69, 9.17) is 4.99 Å². The minimum atomic E-state index is -0.191. The number of guanidine groups is 1. The highest BCUT2D eigenvalue weighted by molar-refractivity contribution is 14.0. The van der Waals surface area contributed by atoms with Crippen molar-refractivity contribution in [1.29, 1.82) is 0 Å². The summed E-state index contributed by atoms with van der Waals surface area (Å²) in [7, 11) is 0. The standard InChI is InChI=1S/C15H30N4O.HI/c1-3-16-15(19-9-7-14(20)12-19)17-10-13-6-5-8-18(4-2)11-13;/h13-14,20H,3-12H2,1-2H3,(H,16,17);1H/t13?,14-;/m1./s1. The number of aliphatic hydroxyl groups excluding tert-OH is 1. The smallest absolute Gasteiger partial charge is 0.194 e. The molecule has 2 saturated heterocycles. The predicted octanol–water partition coefficient (Wildman–Crippen LogP) is 1.37. The number of hydrogen-bond acceptors (Lipinski definition) is 3. The quantitative estimate of drug-likeness (QED) is 0.418. The molecule has 5 nitrogen and oxygen atoms in total. The van der Waals surface area contributed by atoms with Crippen molar-refractivity contribution in [2.45, 2.75) is 39.2 Å². The summed E-state index contributed by atoms with van der Waals surface area (Å²) in [5, 5.41) is 13.0. The summed E-state index contributed by atoms with van der Waals surface area (Å²) in [6.45, 7) is 11.3. The first-order valence-electron chi connectivity index (χ1n) is 8.16. The van der Waals surface area contributed by atoms with Gasteiger partial charge in [-0.25, -0.2) is 0 Å². The van der Waals surface area contributed by atoms with Crippen LogP contribution in [0.5, 0.6) is 0 Å². The van der Waals surface area contributed by atoms with Crippen molar-refractivity contribution < 1.29 is 5.11 Å². The fourth-order valence-corrected chi connectivity index (χ4v) is 3.16. The Balaban J connectivity index is 0.00000220. The Hall–Kier alpha value is -0.0800. The maximum absolute atomic E-state index is 9.67. The summed E-state index contributed by atoms with van der Waals surface area (Å²) in [5.41, 5.74) is 0. The van der Waals surface area contributed by atoms with Crippen LogP contribution in [0, 0.1) is 5.92 Å². The van der Waals surface area contributed by atoms with E-state index in [1.54, 1.807) is 0 Å². The zero-order chi connectivity index (χ0) is 14.4. The van der Waals surface area contributed by atoms with Crippen LogP contribution in [0.2, 0.25) is 0 Å². The summed E-state index contributed by atoms with van der Waals surface area (Å²) in [6.07, 6.45) is 3.26. The molecule has 1 unspecified atom stereocenters. The molecule has 0 amide bonds. The van der Waals surface area contributed by atoms with E-state index in [2.05, 4.69) is 29.0 Å². The van der Waals surface area contributed by atoms with E-state index in [0.717, 1.165) is 45.1 Å². The highest BCUT2D eigenvalue weighted by atomic mass is 127. The first kappa shape index (κ1) is 19.0. The molecule has 0 aromatic heterocycles. The molecule has 0 radical (unpaired) electrons. The van der Waals surface area contributed by atoms with Gasteiger partial charge in [-0.1, -0.05) is 6.92 Å². The number of hydrogen-bond donors (Lipinski definition) is 2. The van der Waals surface area contributed by atoms with Gasteiger partial charge in [0.1, 0.15) is 0 Å². The minimum Gasteiger partial charge on any atom is -0.391 e. The Morgan fingerprint density at radius 1 is 1.24 bits per heavy atom. The van der Waals surface area contributed by atoms with Crippen molar-refractivity contribution in [2.24, 2.45) is 10.9 Å². The Morgan fingerprint density at radius 2 is 2.05 bits per heavy atom. The molecule has 2 rings (SSSR count). The van der Waals surface area contributed by atoms with Gasteiger partial charge in [0.05, 0.1) is 6.10 Å². The lowest BCUT2D eigenvalue weighted by molar-refractivity contribution is 0.184. The van der Waals surface area contributed by atoms with Crippen molar-refractivity contribution in [3.05, 3.63) is 0 Å². The molecule has 6 heteroatoms. The average Bonchev–Trinajstić information content (AvgIpc) is 2.90. The van der Waals surface area contributed by atoms with Gasteiger partial charge in [-0.15, -0.1) is 24.0 Å². The molecule has 124 valence electrons. The molecule has 0 aromatic rings. The van der Waals surface area contributed by atoms with Crippen LogP contribution in [-0.4, -0.2) is 72.8 Å². The number of nitrogens with zero attached hydrogens (tertiary/aromatic N) is 3. The Labute approximate surface area is 146 Å². The van der Waals surface area contributed by atoms with Crippen molar-refractivity contribution in [3.8, 4) is 0 Å². The van der Waals surface area contributed by atoms with Crippen LogP contribution < -0.4 is 5.32 Å². The van der Waals surface area contributed by atoms with Gasteiger partial charge in [0.25, 0.3) is 0 Å². The number of aliphatic imine (C=N–C) groups is 1. The number of likely N-dealkylation sites (tertiary alicyclic amines) is 2. The average molecular weight is 410 g/mol. The van der Waals surface area contributed by atoms with E-state index in [1.807, 2.05) is 0 Å². The summed E-state index contributed by atoms with van der Waals surface area (Å²) in [4.78, 5) is 9.53. The van der Waals surface area contributed by atoms with Gasteiger partial charge in [0.15, 0.2) is 5.96 Å². The molecule has 2 fully saturated rings. The van der Waals surface area contributed by atoms with E-state index < -0.39 is 0 Å². The Kier molecular flexibility index (Phi) is 8.89. The van der Waals surface area contributed by atoms with E-state index in [0.29, 0.717) is 5.92 Å². The summed E-state index contributed by atoms with van der Waals surface area (Å²) in [5.74, 6) is 1.67. The van der Waals surface area contributed by atoms with Gasteiger partial charge in [-0.3, -0.25) is 4.99 Å². The normalized spacial score (nSPS) is 27.6. The molecule has 2 N–H and O–H groups in total. The van der Waals surface area contributed by atoms with E-state index in [-0.39, 0.29) is 30.1 Å². The first-order chi connectivity index (χ1) is 9.72. The fourth-order valence-electron chi connectivity index (χ4n) is 3.16. The Morgan fingerprint density at radius 3 is 2.67 bits per heavy atom. The van der Waals surface area contributed by atoms with Crippen molar-refractivity contribution in [2.75, 3.05) is 45.8 Å². The maximum Gasteiger partial charge on any atom is 0.194 e. The second-order valence-corrected chi connectivity index (χ2v) is 5.98. The second-order valence-electron chi connectivity index (χ2n) is 5.98. The minimum absolute atomic E-state index is 0. The Bertz CT molecular complexity index is 327. The predicted molar refractivity (Wildman–Crippen MR) is 98.4 cm³/mol. The fraction of sp³-hybridized carbons (Fsp3) is 0.933. The number of halogens is 1. The van der Waals surface area contributed by atoms with Crippen molar-refractivity contribution in [3.63, 3.8) is 0 Å². The molecular weight excluding hydrogens is 379 g/mol. The van der Waals surface area contributed by atoms with E-state index >= 15 is 0 Å². The molecule has 2 atom stereocenters. The van der Waals surface area contributed by atoms with Gasteiger partial charge < -0.3 is 20.2 Å². The third kappa shape index (κ3) is 5.90. The van der Waals surface area contributed by atoms with Gasteiger partial charge in [0, 0.05) is 32.7 Å². The molecule has 0 saturated carbocycles. The monoisotopic (exact) mass is 410 g/mol. The number of piperidine rings is 1. The van der Waals surface area contributed by atoms with Crippen LogP contribution in [0.15, 0.2) is 4.99 Å². The third-order valence-electron chi connectivity index (χ3n) is 4.35. The number of β-amino-alcohol motifs (C(OH)–C–C–N with tert-alkyl or cyclic N) is 1. The lowest BCUT2D eigenvalue weighted by Crippen LogP contribution is -2.41. The van der Waals surface area contributed by atoms with Crippen molar-refractivity contribution in [1.82, 2.24) is 15.1 Å². The lowest BCUT2D eigenvalue weighted by Gasteiger charge is -2.31. The van der Waals surface area contributed by atoms with E-state index in [1.165, 1.54) is 25.9 Å². The van der Waals surface area contributed by atoms with Crippen LogP contribution in [0.3, 0.4) is 0 Å². The molecule has 2 aliphatic heterocycles. The van der Waals surface area contributed by atoms with Gasteiger partial charge in [-0.2, -0.15) is 0 Å². The molecule has 2 heterocycles. The van der Waals surface area contributed by atoms with Gasteiger partial charge in [-0.05, 0) is 45.2 Å². The highest BCUT2D eigenvalue weighted by Crippen LogP contribution is 2.17. The SMILES string of the molecule is CCNC(=NCC1CCCN(CC)C1)N1CC[C@@H](O)C1.I. The van der Waals surface area contributed by atoms with Crippen LogP contribution in [0.1, 0.15) is 33.1 Å². The molecular formula is C15H31IN4O. The summed E-state index contributed by atoms with van der Waals surface area (Å²) in [6, 6.07) is 0. The van der Waals surface area contributed by atoms with Crippen LogP contribution in [0.4, 0.5) is 0 Å². The first-order valence-corrected chi connectivity index (χ1v) is 8.16. The second kappa shape index (κ2) is 9.84. The largest absolute Gasteiger partial charge is 0.391 e. The lowest BCUT2D eigenvalue weighted by atomic mass is 9.98. The number of nitrogens with one attached hydrogen (secondary N) is 1. The third-order valence-corrected chi connectivity index (χ3v) is 4.35. The molecule has 0 aliphatic carbocycles. The van der Waals surface area contributed by atoms with Crippen molar-refractivity contribution >= 4 is 29.9 Å². The zero-order valence-corrected chi connectivity index (χ0v) is 15.8. The van der Waals surface area contributed by atoms with Crippen LogP contribution >= 0.6 is 24.0 Å². The summed E-state index contributed by atoms with van der Waals surface area (Å²) < 4.78 is 0. The number of aliphatic hydroxyl groups is 1. The molecule has 0 aromatic carbocycles. The topological polar surface area (TPSA) is 51.1 Å². The number of rotatable bonds is 4.